The van der Waals surface area contributed by atoms with Crippen LogP contribution in [0.25, 0.3) is 10.8 Å². The second kappa shape index (κ2) is 7.71. The highest BCUT2D eigenvalue weighted by Gasteiger charge is 2.36. The zero-order valence-electron chi connectivity index (χ0n) is 16.0. The summed E-state index contributed by atoms with van der Waals surface area (Å²) < 4.78 is 17.7. The van der Waals surface area contributed by atoms with Crippen LogP contribution in [0.1, 0.15) is 29.5 Å². The first kappa shape index (κ1) is 18.0. The fourth-order valence-electron chi connectivity index (χ4n) is 4.04. The maximum absolute atomic E-state index is 6.21. The zero-order valence-corrected chi connectivity index (χ0v) is 16.0. The van der Waals surface area contributed by atoms with Crippen molar-refractivity contribution in [2.45, 2.75) is 32.0 Å². The molecule has 0 saturated carbocycles. The summed E-state index contributed by atoms with van der Waals surface area (Å²) >= 11 is 0. The van der Waals surface area contributed by atoms with E-state index in [1.54, 1.807) is 7.11 Å². The SMILES string of the molecule is COC1(c2cccc(OCc3ccc4ccccc4c3)c2C)CCOCC1. The van der Waals surface area contributed by atoms with E-state index in [1.165, 1.54) is 21.9 Å². The third kappa shape index (κ3) is 3.58. The quantitative estimate of drug-likeness (QED) is 0.610. The van der Waals surface area contributed by atoms with Gasteiger partial charge in [-0.05, 0) is 46.5 Å². The van der Waals surface area contributed by atoms with Gasteiger partial charge in [0.1, 0.15) is 12.4 Å². The van der Waals surface area contributed by atoms with Crippen LogP contribution in [0, 0.1) is 6.92 Å². The molecule has 3 heteroatoms. The van der Waals surface area contributed by atoms with Crippen LogP contribution < -0.4 is 4.74 Å². The predicted molar refractivity (Wildman–Crippen MR) is 108 cm³/mol. The minimum atomic E-state index is -0.273. The summed E-state index contributed by atoms with van der Waals surface area (Å²) in [6.45, 7) is 4.14. The third-order valence-corrected chi connectivity index (χ3v) is 5.67. The number of methoxy groups -OCH3 is 1. The Bertz CT molecular complexity index is 926. The average molecular weight is 362 g/mol. The highest BCUT2D eigenvalue weighted by molar-refractivity contribution is 5.82. The Hall–Kier alpha value is -2.36. The second-order valence-electron chi connectivity index (χ2n) is 7.21. The molecule has 0 atom stereocenters. The first-order valence-electron chi connectivity index (χ1n) is 9.55. The van der Waals surface area contributed by atoms with Crippen LogP contribution in [0.15, 0.2) is 60.7 Å². The Morgan fingerprint density at radius 3 is 2.48 bits per heavy atom. The molecular formula is C24H26O3. The van der Waals surface area contributed by atoms with Gasteiger partial charge in [-0.15, -0.1) is 0 Å². The molecule has 0 aliphatic carbocycles. The van der Waals surface area contributed by atoms with Gasteiger partial charge in [0, 0.05) is 33.2 Å². The molecule has 0 radical (unpaired) electrons. The van der Waals surface area contributed by atoms with Crippen molar-refractivity contribution >= 4 is 10.8 Å². The molecule has 1 fully saturated rings. The van der Waals surface area contributed by atoms with Crippen LogP contribution in [-0.4, -0.2) is 20.3 Å². The fourth-order valence-corrected chi connectivity index (χ4v) is 4.04. The lowest BCUT2D eigenvalue weighted by molar-refractivity contribution is -0.0952. The fraction of sp³-hybridized carbons (Fsp3) is 0.333. The summed E-state index contributed by atoms with van der Waals surface area (Å²) in [5, 5.41) is 2.49. The van der Waals surface area contributed by atoms with Gasteiger partial charge in [-0.25, -0.2) is 0 Å². The monoisotopic (exact) mass is 362 g/mol. The standard InChI is InChI=1S/C24H26O3/c1-18-22(24(25-2)12-14-26-15-13-24)8-5-9-23(18)27-17-19-10-11-20-6-3-4-7-21(20)16-19/h3-11,16H,12-15,17H2,1-2H3. The maximum atomic E-state index is 6.21. The minimum absolute atomic E-state index is 0.273. The Kier molecular flexibility index (Phi) is 5.15. The molecule has 0 amide bonds. The smallest absolute Gasteiger partial charge is 0.123 e. The normalized spacial score (nSPS) is 16.4. The van der Waals surface area contributed by atoms with Crippen LogP contribution in [-0.2, 0) is 21.7 Å². The number of rotatable bonds is 5. The number of ether oxygens (including phenoxy) is 3. The molecule has 0 spiro atoms. The molecule has 0 aromatic heterocycles. The molecule has 140 valence electrons. The van der Waals surface area contributed by atoms with Crippen LogP contribution >= 0.6 is 0 Å². The largest absolute Gasteiger partial charge is 0.489 e. The van der Waals surface area contributed by atoms with E-state index in [1.807, 2.05) is 6.07 Å². The molecular weight excluding hydrogens is 336 g/mol. The van der Waals surface area contributed by atoms with Gasteiger partial charge >= 0.3 is 0 Å². The number of hydrogen-bond donors (Lipinski definition) is 0. The van der Waals surface area contributed by atoms with Crippen molar-refractivity contribution in [2.75, 3.05) is 20.3 Å². The van der Waals surface area contributed by atoms with Gasteiger partial charge in [0.15, 0.2) is 0 Å². The van der Waals surface area contributed by atoms with Gasteiger partial charge in [-0.2, -0.15) is 0 Å². The number of fused-ring (bicyclic) bond motifs is 1. The van der Waals surface area contributed by atoms with Gasteiger partial charge in [0.25, 0.3) is 0 Å². The van der Waals surface area contributed by atoms with Gasteiger partial charge in [0.05, 0.1) is 5.60 Å². The highest BCUT2D eigenvalue weighted by atomic mass is 16.5. The number of hydrogen-bond acceptors (Lipinski definition) is 3. The van der Waals surface area contributed by atoms with Gasteiger partial charge in [-0.1, -0.05) is 48.5 Å². The molecule has 3 aromatic rings. The lowest BCUT2D eigenvalue weighted by Crippen LogP contribution is -2.36. The van der Waals surface area contributed by atoms with Crippen molar-refractivity contribution in [1.82, 2.24) is 0 Å². The Morgan fingerprint density at radius 1 is 0.926 bits per heavy atom. The zero-order chi connectivity index (χ0) is 18.7. The third-order valence-electron chi connectivity index (χ3n) is 5.67. The van der Waals surface area contributed by atoms with Crippen molar-refractivity contribution in [1.29, 1.82) is 0 Å². The van der Waals surface area contributed by atoms with E-state index in [0.29, 0.717) is 6.61 Å². The summed E-state index contributed by atoms with van der Waals surface area (Å²) in [5.74, 6) is 0.920. The predicted octanol–water partition coefficient (Wildman–Crippen LogP) is 5.38. The molecule has 27 heavy (non-hydrogen) atoms. The van der Waals surface area contributed by atoms with Gasteiger partial charge < -0.3 is 14.2 Å². The molecule has 3 nitrogen and oxygen atoms in total. The molecule has 4 rings (SSSR count). The molecule has 1 saturated heterocycles. The Labute approximate surface area is 160 Å². The van der Waals surface area contributed by atoms with Crippen LogP contribution in [0.2, 0.25) is 0 Å². The summed E-state index contributed by atoms with van der Waals surface area (Å²) in [4.78, 5) is 0. The summed E-state index contributed by atoms with van der Waals surface area (Å²) in [7, 11) is 1.80. The first-order chi connectivity index (χ1) is 13.2. The Morgan fingerprint density at radius 2 is 1.70 bits per heavy atom. The van der Waals surface area contributed by atoms with Crippen molar-refractivity contribution in [2.24, 2.45) is 0 Å². The lowest BCUT2D eigenvalue weighted by Gasteiger charge is -2.37. The van der Waals surface area contributed by atoms with E-state index < -0.39 is 0 Å². The minimum Gasteiger partial charge on any atom is -0.489 e. The van der Waals surface area contributed by atoms with Gasteiger partial charge in [-0.3, -0.25) is 0 Å². The summed E-state index contributed by atoms with van der Waals surface area (Å²) in [6, 6.07) is 21.2. The van der Waals surface area contributed by atoms with E-state index in [0.717, 1.165) is 37.4 Å². The van der Waals surface area contributed by atoms with E-state index in [-0.39, 0.29) is 5.60 Å². The van der Waals surface area contributed by atoms with E-state index in [4.69, 9.17) is 14.2 Å². The molecule has 1 aliphatic rings. The van der Waals surface area contributed by atoms with E-state index in [2.05, 4.69) is 61.5 Å². The van der Waals surface area contributed by atoms with Crippen molar-refractivity contribution < 1.29 is 14.2 Å². The van der Waals surface area contributed by atoms with Crippen LogP contribution in [0.5, 0.6) is 5.75 Å². The van der Waals surface area contributed by atoms with Crippen molar-refractivity contribution in [3.05, 3.63) is 77.4 Å². The van der Waals surface area contributed by atoms with Crippen molar-refractivity contribution in [3.8, 4) is 5.75 Å². The van der Waals surface area contributed by atoms with Crippen molar-refractivity contribution in [3.63, 3.8) is 0 Å². The summed E-state index contributed by atoms with van der Waals surface area (Å²) in [5.41, 5.74) is 3.27. The van der Waals surface area contributed by atoms with Crippen LogP contribution in [0.3, 0.4) is 0 Å². The second-order valence-corrected chi connectivity index (χ2v) is 7.21. The molecule has 0 N–H and O–H groups in total. The first-order valence-corrected chi connectivity index (χ1v) is 9.55. The van der Waals surface area contributed by atoms with E-state index >= 15 is 0 Å². The molecule has 1 aliphatic heterocycles. The maximum Gasteiger partial charge on any atom is 0.123 e. The van der Waals surface area contributed by atoms with Crippen LogP contribution in [0.4, 0.5) is 0 Å². The summed E-state index contributed by atoms with van der Waals surface area (Å²) in [6.07, 6.45) is 1.75. The molecule has 0 bridgehead atoms. The Balaban J connectivity index is 1.57. The van der Waals surface area contributed by atoms with E-state index in [9.17, 15) is 0 Å². The topological polar surface area (TPSA) is 27.7 Å². The average Bonchev–Trinajstić information content (AvgIpc) is 2.73. The highest BCUT2D eigenvalue weighted by Crippen LogP contribution is 2.39. The molecule has 1 heterocycles. The molecule has 3 aromatic carbocycles. The lowest BCUT2D eigenvalue weighted by atomic mass is 9.83. The van der Waals surface area contributed by atoms with Gasteiger partial charge in [0.2, 0.25) is 0 Å². The number of benzene rings is 3. The molecule has 0 unspecified atom stereocenters.